The zero-order chi connectivity index (χ0) is 5.98. The average Bonchev–Trinajstić information content (AvgIpc) is 2.14. The molecule has 0 atom stereocenters. The third-order valence-corrected chi connectivity index (χ3v) is 1.42. The summed E-state index contributed by atoms with van der Waals surface area (Å²) in [6, 6.07) is 0. The Morgan fingerprint density at radius 1 is 1.62 bits per heavy atom. The second-order valence-electron chi connectivity index (χ2n) is 1.27. The second kappa shape index (κ2) is 1.93. The molecule has 1 rings (SSSR count). The summed E-state index contributed by atoms with van der Waals surface area (Å²) in [5.41, 5.74) is 0. The van der Waals surface area contributed by atoms with E-state index in [0.717, 1.165) is 5.01 Å². The van der Waals surface area contributed by atoms with E-state index in [1.54, 1.807) is 0 Å². The number of rotatable bonds is 0. The van der Waals surface area contributed by atoms with Crippen molar-refractivity contribution >= 4 is 11.3 Å². The number of aromatic nitrogens is 2. The van der Waals surface area contributed by atoms with Crippen molar-refractivity contribution in [3.63, 3.8) is 0 Å². The lowest BCUT2D eigenvalue weighted by atomic mass is 10.8. The highest BCUT2D eigenvalue weighted by Crippen LogP contribution is 2.04. The first kappa shape index (κ1) is 5.26. The molecule has 3 heteroatoms. The van der Waals surface area contributed by atoms with E-state index in [2.05, 4.69) is 16.1 Å². The Bertz CT molecular complexity index is 221. The van der Waals surface area contributed by atoms with Gasteiger partial charge >= 0.3 is 0 Å². The van der Waals surface area contributed by atoms with Gasteiger partial charge in [-0.2, -0.15) is 0 Å². The molecule has 0 amide bonds. The molecule has 0 radical (unpaired) electrons. The molecule has 1 aromatic rings. The van der Waals surface area contributed by atoms with Gasteiger partial charge in [0.1, 0.15) is 5.01 Å². The van der Waals surface area contributed by atoms with Gasteiger partial charge in [0, 0.05) is 0 Å². The van der Waals surface area contributed by atoms with Gasteiger partial charge < -0.3 is 0 Å². The molecule has 40 valence electrons. The fourth-order valence-corrected chi connectivity index (χ4v) is 0.857. The lowest BCUT2D eigenvalue weighted by Crippen LogP contribution is -1.69. The Morgan fingerprint density at radius 3 is 2.62 bits per heavy atom. The SMILES string of the molecule is C#Cc1nnc(C)s1. The number of aryl methyl sites for hydroxylation is 1. The smallest absolute Gasteiger partial charge is 0.143 e. The Morgan fingerprint density at radius 2 is 2.38 bits per heavy atom. The number of hydrogen-bond donors (Lipinski definition) is 0. The van der Waals surface area contributed by atoms with E-state index >= 15 is 0 Å². The van der Waals surface area contributed by atoms with Crippen molar-refractivity contribution in [3.05, 3.63) is 10.0 Å². The summed E-state index contributed by atoms with van der Waals surface area (Å²) < 4.78 is 0. The van der Waals surface area contributed by atoms with Gasteiger partial charge in [-0.3, -0.25) is 0 Å². The van der Waals surface area contributed by atoms with Gasteiger partial charge in [-0.15, -0.1) is 16.6 Å². The molecule has 0 fully saturated rings. The molecule has 0 aliphatic heterocycles. The average molecular weight is 124 g/mol. The Balaban J connectivity index is 3.05. The highest BCUT2D eigenvalue weighted by atomic mass is 32.1. The van der Waals surface area contributed by atoms with Crippen LogP contribution in [-0.2, 0) is 0 Å². The first-order valence-corrected chi connectivity index (χ1v) is 2.91. The molecule has 0 saturated heterocycles. The van der Waals surface area contributed by atoms with Crippen LogP contribution in [-0.4, -0.2) is 10.2 Å². The number of hydrogen-bond acceptors (Lipinski definition) is 3. The monoisotopic (exact) mass is 124 g/mol. The van der Waals surface area contributed by atoms with Crippen molar-refractivity contribution in [1.82, 2.24) is 10.2 Å². The quantitative estimate of drug-likeness (QED) is 0.479. The third kappa shape index (κ3) is 0.849. The molecule has 0 aliphatic rings. The Labute approximate surface area is 51.6 Å². The molecule has 0 bridgehead atoms. The van der Waals surface area contributed by atoms with Crippen LogP contribution in [0.2, 0.25) is 0 Å². The molecule has 0 unspecified atom stereocenters. The van der Waals surface area contributed by atoms with Crippen LogP contribution in [0.25, 0.3) is 0 Å². The van der Waals surface area contributed by atoms with Gasteiger partial charge in [0.15, 0.2) is 5.01 Å². The van der Waals surface area contributed by atoms with Gasteiger partial charge in [0.2, 0.25) is 0 Å². The van der Waals surface area contributed by atoms with E-state index in [1.807, 2.05) is 6.92 Å². The summed E-state index contributed by atoms with van der Waals surface area (Å²) in [5.74, 6) is 2.39. The van der Waals surface area contributed by atoms with Crippen molar-refractivity contribution in [3.8, 4) is 12.3 Å². The van der Waals surface area contributed by atoms with E-state index in [9.17, 15) is 0 Å². The van der Waals surface area contributed by atoms with Crippen molar-refractivity contribution < 1.29 is 0 Å². The van der Waals surface area contributed by atoms with E-state index < -0.39 is 0 Å². The second-order valence-corrected chi connectivity index (χ2v) is 2.45. The molecular formula is C5H4N2S. The van der Waals surface area contributed by atoms with Crippen LogP contribution >= 0.6 is 11.3 Å². The van der Waals surface area contributed by atoms with Gasteiger partial charge in [-0.25, -0.2) is 0 Å². The predicted molar refractivity (Wildman–Crippen MR) is 32.6 cm³/mol. The van der Waals surface area contributed by atoms with Crippen molar-refractivity contribution in [2.24, 2.45) is 0 Å². The van der Waals surface area contributed by atoms with Gasteiger partial charge in [0.25, 0.3) is 0 Å². The molecule has 8 heavy (non-hydrogen) atoms. The van der Waals surface area contributed by atoms with Crippen LogP contribution in [0.5, 0.6) is 0 Å². The molecule has 1 aromatic heterocycles. The fraction of sp³-hybridized carbons (Fsp3) is 0.200. The number of nitrogens with zero attached hydrogens (tertiary/aromatic N) is 2. The van der Waals surface area contributed by atoms with Crippen molar-refractivity contribution in [1.29, 1.82) is 0 Å². The maximum Gasteiger partial charge on any atom is 0.190 e. The Kier molecular flexibility index (Phi) is 1.27. The highest BCUT2D eigenvalue weighted by molar-refractivity contribution is 7.11. The standard InChI is InChI=1S/C5H4N2S/c1-3-5-7-6-4(2)8-5/h1H,2H3. The van der Waals surface area contributed by atoms with Crippen molar-refractivity contribution in [2.75, 3.05) is 0 Å². The predicted octanol–water partition coefficient (Wildman–Crippen LogP) is 0.828. The molecule has 1 heterocycles. The van der Waals surface area contributed by atoms with Crippen LogP contribution in [0.4, 0.5) is 0 Å². The number of terminal acetylenes is 1. The maximum absolute atomic E-state index is 5.02. The van der Waals surface area contributed by atoms with Crippen LogP contribution in [0.3, 0.4) is 0 Å². The minimum absolute atomic E-state index is 0.655. The van der Waals surface area contributed by atoms with Crippen LogP contribution in [0, 0.1) is 19.3 Å². The zero-order valence-corrected chi connectivity index (χ0v) is 5.20. The van der Waals surface area contributed by atoms with Gasteiger partial charge in [-0.1, -0.05) is 11.3 Å². The minimum Gasteiger partial charge on any atom is -0.143 e. The fourth-order valence-electron chi connectivity index (χ4n) is 0.355. The van der Waals surface area contributed by atoms with Crippen LogP contribution in [0.1, 0.15) is 10.0 Å². The summed E-state index contributed by atoms with van der Waals surface area (Å²) in [6.45, 7) is 1.87. The molecule has 0 N–H and O–H groups in total. The van der Waals surface area contributed by atoms with Crippen LogP contribution < -0.4 is 0 Å². The van der Waals surface area contributed by atoms with Gasteiger partial charge in [-0.05, 0) is 12.8 Å². The highest BCUT2D eigenvalue weighted by Gasteiger charge is 1.91. The first-order valence-electron chi connectivity index (χ1n) is 2.09. The van der Waals surface area contributed by atoms with Gasteiger partial charge in [0.05, 0.1) is 0 Å². The van der Waals surface area contributed by atoms with E-state index in [-0.39, 0.29) is 0 Å². The maximum atomic E-state index is 5.02. The minimum atomic E-state index is 0.655. The first-order chi connectivity index (χ1) is 3.83. The summed E-state index contributed by atoms with van der Waals surface area (Å²) in [7, 11) is 0. The molecule has 0 spiro atoms. The third-order valence-electron chi connectivity index (χ3n) is 0.650. The lowest BCUT2D eigenvalue weighted by molar-refractivity contribution is 1.04. The summed E-state index contributed by atoms with van der Waals surface area (Å²) in [4.78, 5) is 0. The normalized spacial score (nSPS) is 8.50. The molecule has 0 aromatic carbocycles. The molecular weight excluding hydrogens is 120 g/mol. The summed E-state index contributed by atoms with van der Waals surface area (Å²) in [6.07, 6.45) is 5.02. The van der Waals surface area contributed by atoms with E-state index in [1.165, 1.54) is 11.3 Å². The van der Waals surface area contributed by atoms with Crippen molar-refractivity contribution in [2.45, 2.75) is 6.92 Å². The molecule has 0 aliphatic carbocycles. The molecule has 0 saturated carbocycles. The van der Waals surface area contributed by atoms with E-state index in [0.29, 0.717) is 5.01 Å². The van der Waals surface area contributed by atoms with E-state index in [4.69, 9.17) is 6.42 Å². The van der Waals surface area contributed by atoms with Crippen LogP contribution in [0.15, 0.2) is 0 Å². The topological polar surface area (TPSA) is 25.8 Å². The summed E-state index contributed by atoms with van der Waals surface area (Å²) in [5, 5.41) is 8.95. The summed E-state index contributed by atoms with van der Waals surface area (Å²) >= 11 is 1.43. The zero-order valence-electron chi connectivity index (χ0n) is 4.38. The molecule has 2 nitrogen and oxygen atoms in total. The Hall–Kier alpha value is -0.880. The lowest BCUT2D eigenvalue weighted by Gasteiger charge is -1.65. The largest absolute Gasteiger partial charge is 0.190 e.